The monoisotopic (exact) mass is 277 g/mol. The summed E-state index contributed by atoms with van der Waals surface area (Å²) in [5.74, 6) is 0.235. The molecule has 1 atom stereocenters. The van der Waals surface area contributed by atoms with E-state index in [1.807, 2.05) is 13.0 Å². The van der Waals surface area contributed by atoms with Gasteiger partial charge in [0.15, 0.2) is 5.75 Å². The average Bonchev–Trinajstić information content (AvgIpc) is 2.40. The Balaban J connectivity index is 2.87. The Kier molecular flexibility index (Phi) is 5.94. The van der Waals surface area contributed by atoms with Gasteiger partial charge in [0.25, 0.3) is 0 Å². The summed E-state index contributed by atoms with van der Waals surface area (Å²) >= 11 is 0. The lowest BCUT2D eigenvalue weighted by molar-refractivity contribution is -0.386. The lowest BCUT2D eigenvalue weighted by Gasteiger charge is -2.14. The molecule has 0 bridgehead atoms. The molecule has 1 aromatic rings. The summed E-state index contributed by atoms with van der Waals surface area (Å²) in [6, 6.07) is 4.90. The summed E-state index contributed by atoms with van der Waals surface area (Å²) in [5.41, 5.74) is 1.45. The minimum atomic E-state index is -0.477. The minimum absolute atomic E-state index is 0.0605. The molecule has 6 nitrogen and oxygen atoms in total. The van der Waals surface area contributed by atoms with Gasteiger partial charge in [0, 0.05) is 6.07 Å². The second-order valence-electron chi connectivity index (χ2n) is 4.63. The Morgan fingerprint density at radius 1 is 1.50 bits per heavy atom. The normalized spacial score (nSPS) is 11.7. The number of aryl methyl sites for hydroxylation is 2. The number of nitriles is 1. The molecule has 0 aliphatic rings. The summed E-state index contributed by atoms with van der Waals surface area (Å²) in [6.45, 7) is 6.34. The van der Waals surface area contributed by atoms with Crippen LogP contribution in [-0.4, -0.2) is 24.1 Å². The number of nitro groups is 1. The average molecular weight is 277 g/mol. The zero-order valence-corrected chi connectivity index (χ0v) is 12.0. The molecule has 0 amide bonds. The van der Waals surface area contributed by atoms with Gasteiger partial charge in [-0.3, -0.25) is 15.4 Å². The van der Waals surface area contributed by atoms with E-state index in [0.29, 0.717) is 12.1 Å². The summed E-state index contributed by atoms with van der Waals surface area (Å²) in [4.78, 5) is 10.6. The number of hydrogen-bond acceptors (Lipinski definition) is 5. The predicted molar refractivity (Wildman–Crippen MR) is 75.8 cm³/mol. The van der Waals surface area contributed by atoms with E-state index in [2.05, 4.69) is 11.4 Å². The molecule has 0 spiro atoms. The first-order valence-corrected chi connectivity index (χ1v) is 6.51. The number of ether oxygens (including phenoxy) is 1. The Hall–Kier alpha value is -2.13. The van der Waals surface area contributed by atoms with Crippen LogP contribution in [0.1, 0.15) is 24.5 Å². The molecule has 1 aromatic carbocycles. The fourth-order valence-electron chi connectivity index (χ4n) is 1.88. The Bertz CT molecular complexity index is 523. The molecule has 0 aliphatic heterocycles. The van der Waals surface area contributed by atoms with Crippen molar-refractivity contribution in [1.82, 2.24) is 5.32 Å². The van der Waals surface area contributed by atoms with E-state index in [1.165, 1.54) is 6.07 Å². The van der Waals surface area contributed by atoms with E-state index in [9.17, 15) is 10.1 Å². The Morgan fingerprint density at radius 3 is 2.75 bits per heavy atom. The maximum absolute atomic E-state index is 11.1. The van der Waals surface area contributed by atoms with E-state index in [4.69, 9.17) is 10.00 Å². The third-order valence-corrected chi connectivity index (χ3v) is 2.79. The van der Waals surface area contributed by atoms with Crippen LogP contribution in [0.4, 0.5) is 5.69 Å². The van der Waals surface area contributed by atoms with Crippen LogP contribution >= 0.6 is 0 Å². The Labute approximate surface area is 118 Å². The van der Waals surface area contributed by atoms with Crippen LogP contribution in [0.25, 0.3) is 0 Å². The number of nitro benzene ring substituents is 1. The zero-order chi connectivity index (χ0) is 15.1. The van der Waals surface area contributed by atoms with Crippen LogP contribution in [0.3, 0.4) is 0 Å². The molecule has 0 aliphatic carbocycles. The summed E-state index contributed by atoms with van der Waals surface area (Å²) < 4.78 is 5.51. The van der Waals surface area contributed by atoms with Gasteiger partial charge < -0.3 is 4.74 Å². The first-order chi connectivity index (χ1) is 9.49. The lowest BCUT2D eigenvalue weighted by atomic mass is 10.1. The van der Waals surface area contributed by atoms with E-state index in [-0.39, 0.29) is 18.0 Å². The third-order valence-electron chi connectivity index (χ3n) is 2.79. The smallest absolute Gasteiger partial charge is 0.311 e. The summed E-state index contributed by atoms with van der Waals surface area (Å²) in [5, 5.41) is 23.1. The van der Waals surface area contributed by atoms with Crippen molar-refractivity contribution in [2.24, 2.45) is 0 Å². The van der Waals surface area contributed by atoms with Crippen LogP contribution in [0, 0.1) is 35.3 Å². The number of hydrogen-bond donors (Lipinski definition) is 1. The minimum Gasteiger partial charge on any atom is -0.484 e. The first kappa shape index (κ1) is 15.9. The second kappa shape index (κ2) is 7.46. The highest BCUT2D eigenvalue weighted by Crippen LogP contribution is 2.32. The zero-order valence-electron chi connectivity index (χ0n) is 12.0. The van der Waals surface area contributed by atoms with Gasteiger partial charge in [-0.15, -0.1) is 0 Å². The molecule has 0 fully saturated rings. The summed E-state index contributed by atoms with van der Waals surface area (Å²) in [7, 11) is 0. The van der Waals surface area contributed by atoms with Crippen molar-refractivity contribution in [3.63, 3.8) is 0 Å². The molecular formula is C14H19N3O3. The van der Waals surface area contributed by atoms with Crippen LogP contribution in [0.5, 0.6) is 5.75 Å². The molecule has 0 aromatic heterocycles. The van der Waals surface area contributed by atoms with E-state index in [0.717, 1.165) is 12.0 Å². The maximum atomic E-state index is 11.1. The van der Waals surface area contributed by atoms with Crippen LogP contribution in [-0.2, 0) is 0 Å². The van der Waals surface area contributed by atoms with Gasteiger partial charge in [0.2, 0.25) is 0 Å². The number of nitrogens with one attached hydrogen (secondary N) is 1. The van der Waals surface area contributed by atoms with Crippen molar-refractivity contribution in [2.75, 3.05) is 13.2 Å². The molecule has 6 heteroatoms. The highest BCUT2D eigenvalue weighted by Gasteiger charge is 2.19. The molecular weight excluding hydrogens is 258 g/mol. The molecule has 108 valence electrons. The van der Waals surface area contributed by atoms with Gasteiger partial charge in [-0.05, 0) is 37.9 Å². The molecule has 0 heterocycles. The SMILES string of the molecule is CCCNC(C#N)COc1c(C)cc(C)cc1[N+](=O)[O-]. The van der Waals surface area contributed by atoms with Gasteiger partial charge >= 0.3 is 5.69 Å². The molecule has 0 saturated carbocycles. The van der Waals surface area contributed by atoms with Crippen LogP contribution in [0.15, 0.2) is 12.1 Å². The van der Waals surface area contributed by atoms with E-state index >= 15 is 0 Å². The van der Waals surface area contributed by atoms with Crippen LogP contribution in [0.2, 0.25) is 0 Å². The van der Waals surface area contributed by atoms with Crippen molar-refractivity contribution in [2.45, 2.75) is 33.2 Å². The van der Waals surface area contributed by atoms with Gasteiger partial charge in [0.1, 0.15) is 12.6 Å². The summed E-state index contributed by atoms with van der Waals surface area (Å²) in [6.07, 6.45) is 0.905. The molecule has 1 N–H and O–H groups in total. The molecule has 0 saturated heterocycles. The fraction of sp³-hybridized carbons (Fsp3) is 0.500. The van der Waals surface area contributed by atoms with Crippen molar-refractivity contribution in [3.8, 4) is 11.8 Å². The number of benzene rings is 1. The molecule has 1 rings (SSSR count). The molecule has 0 radical (unpaired) electrons. The highest BCUT2D eigenvalue weighted by atomic mass is 16.6. The quantitative estimate of drug-likeness (QED) is 0.611. The highest BCUT2D eigenvalue weighted by molar-refractivity contribution is 5.53. The van der Waals surface area contributed by atoms with Gasteiger partial charge in [-0.25, -0.2) is 0 Å². The van der Waals surface area contributed by atoms with Crippen LogP contribution < -0.4 is 10.1 Å². The second-order valence-corrected chi connectivity index (χ2v) is 4.63. The van der Waals surface area contributed by atoms with Crippen molar-refractivity contribution >= 4 is 5.69 Å². The fourth-order valence-corrected chi connectivity index (χ4v) is 1.88. The van der Waals surface area contributed by atoms with Crippen molar-refractivity contribution in [3.05, 3.63) is 33.4 Å². The number of nitrogens with zero attached hydrogens (tertiary/aromatic N) is 2. The van der Waals surface area contributed by atoms with Gasteiger partial charge in [-0.1, -0.05) is 13.0 Å². The topological polar surface area (TPSA) is 88.2 Å². The van der Waals surface area contributed by atoms with Crippen molar-refractivity contribution in [1.29, 1.82) is 5.26 Å². The largest absolute Gasteiger partial charge is 0.484 e. The molecule has 20 heavy (non-hydrogen) atoms. The third kappa shape index (κ3) is 4.21. The predicted octanol–water partition coefficient (Wildman–Crippen LogP) is 2.48. The van der Waals surface area contributed by atoms with Crippen molar-refractivity contribution < 1.29 is 9.66 Å². The molecule has 1 unspecified atom stereocenters. The van der Waals surface area contributed by atoms with Gasteiger partial charge in [-0.2, -0.15) is 5.26 Å². The first-order valence-electron chi connectivity index (χ1n) is 6.51. The maximum Gasteiger partial charge on any atom is 0.311 e. The standard InChI is InChI=1S/C14H19N3O3/c1-4-5-16-12(8-15)9-20-14-11(3)6-10(2)7-13(14)17(18)19/h6-7,12,16H,4-5,9H2,1-3H3. The van der Waals surface area contributed by atoms with E-state index in [1.54, 1.807) is 13.8 Å². The lowest BCUT2D eigenvalue weighted by Crippen LogP contribution is -2.33. The van der Waals surface area contributed by atoms with Gasteiger partial charge in [0.05, 0.1) is 11.0 Å². The van der Waals surface area contributed by atoms with E-state index < -0.39 is 11.0 Å². The number of rotatable bonds is 7. The Morgan fingerprint density at radius 2 is 2.20 bits per heavy atom.